The Hall–Kier alpha value is -0.450. The molecule has 1 amide bonds. The highest BCUT2D eigenvalue weighted by Gasteiger charge is 2.37. The van der Waals surface area contributed by atoms with Crippen molar-refractivity contribution < 1.29 is 4.79 Å². The average molecular weight is 325 g/mol. The third-order valence-electron chi connectivity index (χ3n) is 3.10. The van der Waals surface area contributed by atoms with E-state index < -0.39 is 9.70 Å². The molecule has 4 nitrogen and oxygen atoms in total. The number of carbonyl (C=O) groups is 1. The van der Waals surface area contributed by atoms with E-state index in [1.807, 2.05) is 4.68 Å². The zero-order chi connectivity index (χ0) is 14.4. The minimum Gasteiger partial charge on any atom is -0.334 e. The largest absolute Gasteiger partial charge is 0.334 e. The van der Waals surface area contributed by atoms with Gasteiger partial charge in [-0.15, -0.1) is 0 Å². The van der Waals surface area contributed by atoms with Crippen molar-refractivity contribution in [3.8, 4) is 0 Å². The van der Waals surface area contributed by atoms with Crippen LogP contribution in [0, 0.1) is 0 Å². The van der Waals surface area contributed by atoms with Crippen molar-refractivity contribution in [1.29, 1.82) is 0 Å². The third-order valence-corrected chi connectivity index (χ3v) is 3.59. The fraction of sp³-hybridized carbons (Fsp3) is 0.667. The molecule has 2 heterocycles. The Kier molecular flexibility index (Phi) is 3.80. The van der Waals surface area contributed by atoms with Gasteiger partial charge in [0.2, 0.25) is 0 Å². The van der Waals surface area contributed by atoms with Gasteiger partial charge in [0.05, 0.1) is 11.7 Å². The standard InChI is InChI=1S/C12H16Cl3N3O/c1-11(2,3)18-9-4-5-17(7-8(9)6-16-18)10(19)12(13,14)15/h6H,4-5,7H2,1-3H3. The van der Waals surface area contributed by atoms with Crippen molar-refractivity contribution in [1.82, 2.24) is 14.7 Å². The summed E-state index contributed by atoms with van der Waals surface area (Å²) >= 11 is 16.9. The van der Waals surface area contributed by atoms with Gasteiger partial charge in [-0.2, -0.15) is 5.10 Å². The van der Waals surface area contributed by atoms with Crippen molar-refractivity contribution in [3.63, 3.8) is 0 Å². The SMILES string of the molecule is CC(C)(C)n1ncc2c1CCN(C(=O)C(Cl)(Cl)Cl)C2. The number of carbonyl (C=O) groups excluding carboxylic acids is 1. The van der Waals surface area contributed by atoms with E-state index in [9.17, 15) is 4.79 Å². The monoisotopic (exact) mass is 323 g/mol. The zero-order valence-electron chi connectivity index (χ0n) is 11.1. The highest BCUT2D eigenvalue weighted by atomic mass is 35.6. The predicted octanol–water partition coefficient (Wildman–Crippen LogP) is 2.89. The lowest BCUT2D eigenvalue weighted by molar-refractivity contribution is -0.131. The first-order chi connectivity index (χ1) is 8.60. The van der Waals surface area contributed by atoms with Gasteiger partial charge in [0, 0.05) is 30.8 Å². The fourth-order valence-corrected chi connectivity index (χ4v) is 2.62. The Balaban J connectivity index is 2.23. The van der Waals surface area contributed by atoms with E-state index >= 15 is 0 Å². The van der Waals surface area contributed by atoms with Crippen molar-refractivity contribution in [2.24, 2.45) is 0 Å². The molecule has 1 aliphatic heterocycles. The summed E-state index contributed by atoms with van der Waals surface area (Å²) in [4.78, 5) is 13.5. The van der Waals surface area contributed by atoms with Crippen LogP contribution >= 0.6 is 34.8 Å². The molecule has 1 aromatic heterocycles. The van der Waals surface area contributed by atoms with Gasteiger partial charge in [-0.25, -0.2) is 0 Å². The molecule has 106 valence electrons. The molecule has 0 N–H and O–H groups in total. The molecule has 0 fully saturated rings. The minimum atomic E-state index is -1.89. The number of halogens is 3. The van der Waals surface area contributed by atoms with Gasteiger partial charge in [0.25, 0.3) is 9.70 Å². The second-order valence-electron chi connectivity index (χ2n) is 5.67. The summed E-state index contributed by atoms with van der Waals surface area (Å²) in [7, 11) is 0. The molecule has 0 aliphatic carbocycles. The maximum absolute atomic E-state index is 11.9. The molecular weight excluding hydrogens is 309 g/mol. The second kappa shape index (κ2) is 4.83. The van der Waals surface area contributed by atoms with Crippen molar-refractivity contribution >= 4 is 40.7 Å². The van der Waals surface area contributed by atoms with Gasteiger partial charge >= 0.3 is 0 Å². The van der Waals surface area contributed by atoms with Crippen LogP contribution in [0.25, 0.3) is 0 Å². The van der Waals surface area contributed by atoms with Crippen LogP contribution in [0.3, 0.4) is 0 Å². The van der Waals surface area contributed by atoms with Gasteiger partial charge in [-0.3, -0.25) is 9.48 Å². The summed E-state index contributed by atoms with van der Waals surface area (Å²) < 4.78 is 0.108. The second-order valence-corrected chi connectivity index (χ2v) is 7.95. The quantitative estimate of drug-likeness (QED) is 0.688. The Morgan fingerprint density at radius 3 is 2.47 bits per heavy atom. The van der Waals surface area contributed by atoms with E-state index in [0.717, 1.165) is 17.7 Å². The van der Waals surface area contributed by atoms with Gasteiger partial charge in [-0.1, -0.05) is 34.8 Å². The molecule has 0 saturated heterocycles. The first-order valence-electron chi connectivity index (χ1n) is 6.03. The van der Waals surface area contributed by atoms with Gasteiger partial charge in [-0.05, 0) is 20.8 Å². The predicted molar refractivity (Wildman–Crippen MR) is 76.6 cm³/mol. The lowest BCUT2D eigenvalue weighted by atomic mass is 10.0. The van der Waals surface area contributed by atoms with Crippen molar-refractivity contribution in [2.75, 3.05) is 6.54 Å². The molecule has 0 bridgehead atoms. The van der Waals surface area contributed by atoms with Gasteiger partial charge in [0.15, 0.2) is 0 Å². The smallest absolute Gasteiger partial charge is 0.275 e. The van der Waals surface area contributed by atoms with E-state index in [1.54, 1.807) is 11.1 Å². The molecule has 19 heavy (non-hydrogen) atoms. The van der Waals surface area contributed by atoms with E-state index in [0.29, 0.717) is 13.1 Å². The van der Waals surface area contributed by atoms with Gasteiger partial charge in [0.1, 0.15) is 0 Å². The minimum absolute atomic E-state index is 0.0744. The van der Waals surface area contributed by atoms with Crippen molar-refractivity contribution in [2.45, 2.75) is 43.1 Å². The molecule has 0 unspecified atom stereocenters. The van der Waals surface area contributed by atoms with Gasteiger partial charge < -0.3 is 4.90 Å². The first-order valence-corrected chi connectivity index (χ1v) is 7.16. The van der Waals surface area contributed by atoms with E-state index in [4.69, 9.17) is 34.8 Å². The van der Waals surface area contributed by atoms with Crippen LogP contribution in [0.15, 0.2) is 6.20 Å². The third kappa shape index (κ3) is 3.01. The topological polar surface area (TPSA) is 38.1 Å². The highest BCUT2D eigenvalue weighted by Crippen LogP contribution is 2.31. The normalized spacial score (nSPS) is 16.4. The van der Waals surface area contributed by atoms with Crippen LogP contribution in [0.1, 0.15) is 32.0 Å². The number of amides is 1. The number of hydrogen-bond donors (Lipinski definition) is 0. The van der Waals surface area contributed by atoms with Crippen LogP contribution in [0.5, 0.6) is 0 Å². The van der Waals surface area contributed by atoms with Crippen LogP contribution in [-0.4, -0.2) is 30.9 Å². The highest BCUT2D eigenvalue weighted by molar-refractivity contribution is 6.76. The molecule has 0 aromatic carbocycles. The summed E-state index contributed by atoms with van der Waals surface area (Å²) in [6, 6.07) is 0. The summed E-state index contributed by atoms with van der Waals surface area (Å²) in [5, 5.41) is 4.40. The molecule has 2 rings (SSSR count). The Morgan fingerprint density at radius 2 is 1.95 bits per heavy atom. The maximum atomic E-state index is 11.9. The molecule has 0 atom stereocenters. The molecule has 1 aliphatic rings. The number of hydrogen-bond acceptors (Lipinski definition) is 2. The summed E-state index contributed by atoms with van der Waals surface area (Å²) in [5.41, 5.74) is 2.10. The van der Waals surface area contributed by atoms with E-state index in [1.165, 1.54) is 0 Å². The Bertz CT molecular complexity index is 499. The molecule has 0 radical (unpaired) electrons. The fourth-order valence-electron chi connectivity index (χ4n) is 2.26. The summed E-state index contributed by atoms with van der Waals surface area (Å²) in [6.07, 6.45) is 2.51. The molecule has 7 heteroatoms. The Morgan fingerprint density at radius 1 is 1.32 bits per heavy atom. The number of nitrogens with zero attached hydrogens (tertiary/aromatic N) is 3. The number of rotatable bonds is 0. The lowest BCUT2D eigenvalue weighted by Crippen LogP contribution is -2.43. The maximum Gasteiger partial charge on any atom is 0.275 e. The van der Waals surface area contributed by atoms with E-state index in [-0.39, 0.29) is 5.54 Å². The lowest BCUT2D eigenvalue weighted by Gasteiger charge is -2.31. The Labute approximate surface area is 127 Å². The first kappa shape index (κ1) is 14.9. The van der Waals surface area contributed by atoms with Crippen LogP contribution < -0.4 is 0 Å². The summed E-state index contributed by atoms with van der Waals surface area (Å²) in [6.45, 7) is 7.27. The molecule has 1 aromatic rings. The summed E-state index contributed by atoms with van der Waals surface area (Å²) in [5.74, 6) is -0.480. The number of aromatic nitrogens is 2. The average Bonchev–Trinajstić information content (AvgIpc) is 2.68. The number of fused-ring (bicyclic) bond motifs is 1. The number of alkyl halides is 3. The molecule has 0 spiro atoms. The van der Waals surface area contributed by atoms with E-state index in [2.05, 4.69) is 25.9 Å². The molecular formula is C12H16Cl3N3O. The zero-order valence-corrected chi connectivity index (χ0v) is 13.4. The van der Waals surface area contributed by atoms with Crippen LogP contribution in [0.2, 0.25) is 0 Å². The molecule has 0 saturated carbocycles. The van der Waals surface area contributed by atoms with Crippen molar-refractivity contribution in [3.05, 3.63) is 17.5 Å². The van der Waals surface area contributed by atoms with Crippen LogP contribution in [-0.2, 0) is 23.3 Å². The van der Waals surface area contributed by atoms with Crippen LogP contribution in [0.4, 0.5) is 0 Å².